The molecule has 36 heavy (non-hydrogen) atoms. The molecule has 0 spiro atoms. The smallest absolute Gasteiger partial charge is 0.226 e. The van der Waals surface area contributed by atoms with Gasteiger partial charge < -0.3 is 9.30 Å². The summed E-state index contributed by atoms with van der Waals surface area (Å²) in [6.07, 6.45) is 5.51. The molecule has 0 aliphatic rings. The van der Waals surface area contributed by atoms with E-state index in [0.29, 0.717) is 11.5 Å². The minimum atomic E-state index is -0.611. The van der Waals surface area contributed by atoms with Crippen molar-refractivity contribution in [1.82, 2.24) is 19.1 Å². The van der Waals surface area contributed by atoms with Crippen LogP contribution < -0.4 is 10.4 Å². The van der Waals surface area contributed by atoms with E-state index in [1.54, 1.807) is 19.5 Å². The number of benzene rings is 2. The van der Waals surface area contributed by atoms with E-state index in [0.717, 1.165) is 44.3 Å². The molecule has 0 atom stereocenters. The minimum absolute atomic E-state index is 0.477. The summed E-state index contributed by atoms with van der Waals surface area (Å²) in [6, 6.07) is 20.0. The third-order valence-corrected chi connectivity index (χ3v) is 6.46. The van der Waals surface area contributed by atoms with Crippen molar-refractivity contribution in [2.45, 2.75) is 19.3 Å². The third-order valence-electron chi connectivity index (χ3n) is 6.46. The zero-order valence-corrected chi connectivity index (χ0v) is 20.4. The summed E-state index contributed by atoms with van der Waals surface area (Å²) < 4.78 is 9.01. The molecule has 5 aromatic rings. The number of methoxy groups -OCH3 is 1. The number of ether oxygens (including phenoxy) is 1. The number of aromatic nitrogens is 4. The average molecular weight is 474 g/mol. The average Bonchev–Trinajstić information content (AvgIpc) is 3.20. The maximum absolute atomic E-state index is 9.53. The molecular formula is C28H23N7O. The Kier molecular flexibility index (Phi) is 5.50. The van der Waals surface area contributed by atoms with Crippen LogP contribution in [0.2, 0.25) is 0 Å². The number of hydrogen-bond donors (Lipinski definition) is 0. The zero-order chi connectivity index (χ0) is 25.4. The number of fused-ring (bicyclic) bond motifs is 3. The Labute approximate surface area is 208 Å². The van der Waals surface area contributed by atoms with Crippen molar-refractivity contribution in [1.29, 1.82) is 10.5 Å². The van der Waals surface area contributed by atoms with Crippen molar-refractivity contribution < 1.29 is 4.74 Å². The Morgan fingerprint density at radius 2 is 1.69 bits per heavy atom. The van der Waals surface area contributed by atoms with Gasteiger partial charge in [0.2, 0.25) is 17.7 Å². The van der Waals surface area contributed by atoms with E-state index in [-0.39, 0.29) is 0 Å². The molecule has 0 saturated carbocycles. The summed E-state index contributed by atoms with van der Waals surface area (Å²) in [7, 11) is 3.46. The first-order valence-electron chi connectivity index (χ1n) is 11.3. The fourth-order valence-electron chi connectivity index (χ4n) is 4.36. The van der Waals surface area contributed by atoms with Crippen molar-refractivity contribution in [2.75, 3.05) is 7.11 Å². The number of nitrogens with zero attached hydrogens (tertiary/aromatic N) is 7. The van der Waals surface area contributed by atoms with E-state index in [1.165, 1.54) is 0 Å². The molecule has 2 aromatic carbocycles. The molecule has 0 unspecified atom stereocenters. The zero-order valence-electron chi connectivity index (χ0n) is 20.4. The topological polar surface area (TPSA) is 105 Å². The SMILES string of the molecule is COc1ccc(-c2ccc3ncc4c(c3c2)n(-c2ccc(C(C)(C)C#N)cc2)/c(=N\C#N)n4C)cn1. The molecule has 5 rings (SSSR count). The molecule has 0 aliphatic carbocycles. The van der Waals surface area contributed by atoms with Gasteiger partial charge >= 0.3 is 0 Å². The lowest BCUT2D eigenvalue weighted by molar-refractivity contribution is 0.398. The van der Waals surface area contributed by atoms with Crippen LogP contribution in [-0.2, 0) is 12.5 Å². The Morgan fingerprint density at radius 1 is 0.944 bits per heavy atom. The first-order chi connectivity index (χ1) is 17.4. The van der Waals surface area contributed by atoms with Crippen LogP contribution >= 0.6 is 0 Å². The maximum atomic E-state index is 9.53. The molecule has 0 N–H and O–H groups in total. The number of rotatable bonds is 4. The Bertz CT molecular complexity index is 1760. The van der Waals surface area contributed by atoms with Gasteiger partial charge in [0.05, 0.1) is 41.3 Å². The summed E-state index contributed by atoms with van der Waals surface area (Å²) in [4.78, 5) is 13.1. The molecule has 0 amide bonds. The van der Waals surface area contributed by atoms with Crippen LogP contribution in [0.4, 0.5) is 0 Å². The molecule has 0 saturated heterocycles. The number of nitriles is 2. The van der Waals surface area contributed by atoms with Gasteiger partial charge in [0.25, 0.3) is 0 Å². The molecule has 0 aliphatic heterocycles. The van der Waals surface area contributed by atoms with Crippen LogP contribution in [-0.4, -0.2) is 26.2 Å². The Morgan fingerprint density at radius 3 is 2.33 bits per heavy atom. The number of imidazole rings is 1. The number of hydrogen-bond acceptors (Lipinski definition) is 6. The second-order valence-corrected chi connectivity index (χ2v) is 9.00. The number of aryl methyl sites for hydroxylation is 1. The monoisotopic (exact) mass is 473 g/mol. The lowest BCUT2D eigenvalue weighted by atomic mass is 9.86. The van der Waals surface area contributed by atoms with E-state index in [2.05, 4.69) is 27.1 Å². The second kappa shape index (κ2) is 8.68. The van der Waals surface area contributed by atoms with Gasteiger partial charge in [-0.1, -0.05) is 18.2 Å². The summed E-state index contributed by atoms with van der Waals surface area (Å²) in [6.45, 7) is 3.77. The van der Waals surface area contributed by atoms with Crippen LogP contribution in [0, 0.1) is 22.8 Å². The highest BCUT2D eigenvalue weighted by Gasteiger charge is 2.21. The fraction of sp³-hybridized carbons (Fsp3) is 0.179. The summed E-state index contributed by atoms with van der Waals surface area (Å²) >= 11 is 0. The lowest BCUT2D eigenvalue weighted by Crippen LogP contribution is -2.23. The Balaban J connectivity index is 1.81. The van der Waals surface area contributed by atoms with E-state index < -0.39 is 5.41 Å². The molecule has 176 valence electrons. The Hall–Kier alpha value is -4.95. The van der Waals surface area contributed by atoms with Gasteiger partial charge in [-0.25, -0.2) is 4.98 Å². The van der Waals surface area contributed by atoms with Crippen LogP contribution in [0.3, 0.4) is 0 Å². The standard InChI is InChI=1S/C28H23N7O/c1-28(2,16-29)20-7-9-21(10-8-20)35-26-22-13-18(19-6-12-25(36-4)32-14-19)5-11-23(22)31-15-24(26)34(3)27(35)33-17-30/h5-15H,1-4H3/b33-27-. The largest absolute Gasteiger partial charge is 0.481 e. The predicted octanol–water partition coefficient (Wildman–Crippen LogP) is 4.77. The van der Waals surface area contributed by atoms with Gasteiger partial charge in [0.15, 0.2) is 0 Å². The van der Waals surface area contributed by atoms with Crippen LogP contribution in [0.5, 0.6) is 5.88 Å². The lowest BCUT2D eigenvalue weighted by Gasteiger charge is -2.16. The summed E-state index contributed by atoms with van der Waals surface area (Å²) in [5.74, 6) is 0.551. The molecule has 0 fully saturated rings. The van der Waals surface area contributed by atoms with E-state index in [9.17, 15) is 10.5 Å². The van der Waals surface area contributed by atoms with Crippen molar-refractivity contribution in [3.63, 3.8) is 0 Å². The predicted molar refractivity (Wildman–Crippen MR) is 137 cm³/mol. The minimum Gasteiger partial charge on any atom is -0.481 e. The van der Waals surface area contributed by atoms with Crippen molar-refractivity contribution in [2.24, 2.45) is 12.0 Å². The molecule has 3 aromatic heterocycles. The van der Waals surface area contributed by atoms with Gasteiger partial charge in [0.1, 0.15) is 0 Å². The van der Waals surface area contributed by atoms with Gasteiger partial charge in [0, 0.05) is 35.9 Å². The van der Waals surface area contributed by atoms with Crippen molar-refractivity contribution in [3.8, 4) is 35.0 Å². The van der Waals surface area contributed by atoms with Crippen molar-refractivity contribution >= 4 is 21.9 Å². The van der Waals surface area contributed by atoms with Crippen LogP contribution in [0.25, 0.3) is 38.8 Å². The highest BCUT2D eigenvalue weighted by molar-refractivity contribution is 6.04. The normalized spacial score (nSPS) is 12.0. The quantitative estimate of drug-likeness (QED) is 0.350. The molecule has 8 nitrogen and oxygen atoms in total. The first kappa shape index (κ1) is 22.8. The van der Waals surface area contributed by atoms with Crippen LogP contribution in [0.15, 0.2) is 72.0 Å². The summed E-state index contributed by atoms with van der Waals surface area (Å²) in [5, 5.41) is 19.9. The molecule has 8 heteroatoms. The molecular weight excluding hydrogens is 450 g/mol. The van der Waals surface area contributed by atoms with E-state index in [4.69, 9.17) is 4.74 Å². The van der Waals surface area contributed by atoms with E-state index in [1.807, 2.05) is 84.8 Å². The maximum Gasteiger partial charge on any atom is 0.226 e. The highest BCUT2D eigenvalue weighted by Crippen LogP contribution is 2.31. The number of pyridine rings is 2. The second-order valence-electron chi connectivity index (χ2n) is 9.00. The van der Waals surface area contributed by atoms with Gasteiger partial charge in [-0.05, 0) is 55.3 Å². The van der Waals surface area contributed by atoms with Crippen molar-refractivity contribution in [3.05, 3.63) is 78.2 Å². The molecule has 0 radical (unpaired) electrons. The highest BCUT2D eigenvalue weighted by atomic mass is 16.5. The van der Waals surface area contributed by atoms with E-state index >= 15 is 0 Å². The van der Waals surface area contributed by atoms with Gasteiger partial charge in [-0.15, -0.1) is 4.99 Å². The van der Waals surface area contributed by atoms with Gasteiger partial charge in [-0.2, -0.15) is 10.5 Å². The fourth-order valence-corrected chi connectivity index (χ4v) is 4.36. The molecule has 3 heterocycles. The first-order valence-corrected chi connectivity index (χ1v) is 11.3. The van der Waals surface area contributed by atoms with Gasteiger partial charge in [-0.3, -0.25) is 9.55 Å². The summed E-state index contributed by atoms with van der Waals surface area (Å²) in [5.41, 5.74) is 6.07. The molecule has 0 bridgehead atoms. The van der Waals surface area contributed by atoms with Crippen LogP contribution in [0.1, 0.15) is 19.4 Å². The third kappa shape index (κ3) is 3.66.